The molecule has 23 heavy (non-hydrogen) atoms. The first-order valence-electron chi connectivity index (χ1n) is 6.72. The van der Waals surface area contributed by atoms with Gasteiger partial charge in [-0.1, -0.05) is 18.2 Å². The summed E-state index contributed by atoms with van der Waals surface area (Å²) in [5.41, 5.74) is 1.25. The second-order valence-corrected chi connectivity index (χ2v) is 6.63. The highest BCUT2D eigenvalue weighted by atomic mass is 32.2. The molecule has 1 heterocycles. The van der Waals surface area contributed by atoms with Crippen LogP contribution in [0.3, 0.4) is 0 Å². The number of nitrogens with zero attached hydrogens (tertiary/aromatic N) is 1. The molecule has 0 aliphatic rings. The molecule has 3 aromatic rings. The number of carboxylic acid groups (broad SMARTS) is 1. The molecule has 0 aliphatic heterocycles. The number of carboxylic acids is 1. The fourth-order valence-corrected chi connectivity index (χ4v) is 3.13. The number of aromatic carboxylic acids is 1. The van der Waals surface area contributed by atoms with E-state index in [0.29, 0.717) is 16.9 Å². The molecule has 0 fully saturated rings. The molecule has 0 saturated heterocycles. The number of benzene rings is 2. The van der Waals surface area contributed by atoms with Gasteiger partial charge >= 0.3 is 5.97 Å². The number of hydrogen-bond donors (Lipinski definition) is 3. The van der Waals surface area contributed by atoms with E-state index in [9.17, 15) is 13.2 Å². The number of hydrogen-bond acceptors (Lipinski definition) is 4. The number of carbonyl (C=O) groups is 1. The van der Waals surface area contributed by atoms with Gasteiger partial charge in [0.05, 0.1) is 28.0 Å². The van der Waals surface area contributed by atoms with Crippen molar-refractivity contribution in [3.05, 3.63) is 59.9 Å². The van der Waals surface area contributed by atoms with Crippen LogP contribution in [0, 0.1) is 0 Å². The van der Waals surface area contributed by atoms with E-state index >= 15 is 0 Å². The maximum Gasteiger partial charge on any atom is 0.335 e. The van der Waals surface area contributed by atoms with Crippen LogP contribution in [0.5, 0.6) is 0 Å². The Kier molecular flexibility index (Phi) is 3.85. The molecule has 0 bridgehead atoms. The van der Waals surface area contributed by atoms with Crippen LogP contribution in [0.1, 0.15) is 16.2 Å². The van der Waals surface area contributed by atoms with Gasteiger partial charge in [0.2, 0.25) is 10.0 Å². The Labute approximate surface area is 132 Å². The molecule has 0 spiro atoms. The Bertz CT molecular complexity index is 965. The van der Waals surface area contributed by atoms with Crippen LogP contribution in [0.2, 0.25) is 0 Å². The number of sulfonamides is 1. The van der Waals surface area contributed by atoms with Crippen molar-refractivity contribution in [1.82, 2.24) is 14.7 Å². The van der Waals surface area contributed by atoms with Gasteiger partial charge in [0.1, 0.15) is 5.82 Å². The Balaban J connectivity index is 1.81. The van der Waals surface area contributed by atoms with Gasteiger partial charge in [-0.2, -0.15) is 0 Å². The largest absolute Gasteiger partial charge is 0.478 e. The summed E-state index contributed by atoms with van der Waals surface area (Å²) in [5.74, 6) is -0.630. The summed E-state index contributed by atoms with van der Waals surface area (Å²) in [4.78, 5) is 18.3. The minimum absolute atomic E-state index is 0.0195. The number of imidazole rings is 1. The second kappa shape index (κ2) is 5.82. The highest BCUT2D eigenvalue weighted by molar-refractivity contribution is 7.89. The molecule has 3 N–H and O–H groups in total. The number of rotatable bonds is 5. The summed E-state index contributed by atoms with van der Waals surface area (Å²) in [6, 6.07) is 12.5. The molecule has 0 radical (unpaired) electrons. The summed E-state index contributed by atoms with van der Waals surface area (Å²) >= 11 is 0. The second-order valence-electron chi connectivity index (χ2n) is 4.86. The van der Waals surface area contributed by atoms with Gasteiger partial charge in [0.15, 0.2) is 0 Å². The van der Waals surface area contributed by atoms with E-state index < -0.39 is 16.0 Å². The predicted octanol–water partition coefficient (Wildman–Crippen LogP) is 1.74. The van der Waals surface area contributed by atoms with Crippen molar-refractivity contribution in [2.75, 3.05) is 0 Å². The zero-order chi connectivity index (χ0) is 16.4. The molecule has 7 nitrogen and oxygen atoms in total. The van der Waals surface area contributed by atoms with E-state index in [1.54, 1.807) is 24.3 Å². The van der Waals surface area contributed by atoms with E-state index in [2.05, 4.69) is 14.7 Å². The van der Waals surface area contributed by atoms with Crippen molar-refractivity contribution in [3.63, 3.8) is 0 Å². The lowest BCUT2D eigenvalue weighted by molar-refractivity contribution is 0.0697. The first-order chi connectivity index (χ1) is 11.0. The third kappa shape index (κ3) is 3.22. The molecule has 118 valence electrons. The number of aromatic nitrogens is 2. The lowest BCUT2D eigenvalue weighted by Crippen LogP contribution is -2.23. The zero-order valence-electron chi connectivity index (χ0n) is 11.9. The molecular weight excluding hydrogens is 318 g/mol. The molecule has 3 rings (SSSR count). The van der Waals surface area contributed by atoms with Crippen molar-refractivity contribution in [1.29, 1.82) is 0 Å². The first-order valence-corrected chi connectivity index (χ1v) is 8.21. The van der Waals surface area contributed by atoms with Crippen LogP contribution in [0.4, 0.5) is 0 Å². The molecule has 0 saturated carbocycles. The van der Waals surface area contributed by atoms with Crippen LogP contribution >= 0.6 is 0 Å². The molecule has 0 atom stereocenters. The lowest BCUT2D eigenvalue weighted by Gasteiger charge is -2.04. The minimum atomic E-state index is -3.62. The highest BCUT2D eigenvalue weighted by Gasteiger charge is 2.14. The van der Waals surface area contributed by atoms with Crippen LogP contribution < -0.4 is 4.72 Å². The SMILES string of the molecule is O=C(O)c1ccc2nc(CNS(=O)(=O)c3ccccc3)[nH]c2c1. The average Bonchev–Trinajstić information content (AvgIpc) is 2.96. The van der Waals surface area contributed by atoms with Crippen molar-refractivity contribution >= 4 is 27.0 Å². The van der Waals surface area contributed by atoms with Gasteiger partial charge in [-0.3, -0.25) is 0 Å². The van der Waals surface area contributed by atoms with E-state index in [4.69, 9.17) is 5.11 Å². The van der Waals surface area contributed by atoms with Gasteiger partial charge in [-0.25, -0.2) is 22.9 Å². The fraction of sp³-hybridized carbons (Fsp3) is 0.0667. The van der Waals surface area contributed by atoms with E-state index in [1.807, 2.05) is 0 Å². The summed E-state index contributed by atoms with van der Waals surface area (Å²) in [6.07, 6.45) is 0. The van der Waals surface area contributed by atoms with E-state index in [1.165, 1.54) is 24.3 Å². The van der Waals surface area contributed by atoms with Gasteiger partial charge in [0, 0.05) is 0 Å². The van der Waals surface area contributed by atoms with Gasteiger partial charge in [-0.05, 0) is 30.3 Å². The predicted molar refractivity (Wildman–Crippen MR) is 83.5 cm³/mol. The zero-order valence-corrected chi connectivity index (χ0v) is 12.7. The lowest BCUT2D eigenvalue weighted by atomic mass is 10.2. The van der Waals surface area contributed by atoms with Crippen LogP contribution in [-0.4, -0.2) is 29.5 Å². The van der Waals surface area contributed by atoms with Gasteiger partial charge in [-0.15, -0.1) is 0 Å². The number of aromatic amines is 1. The molecule has 0 unspecified atom stereocenters. The summed E-state index contributed by atoms with van der Waals surface area (Å²) in [6.45, 7) is -0.0195. The normalized spacial score (nSPS) is 11.7. The highest BCUT2D eigenvalue weighted by Crippen LogP contribution is 2.14. The number of H-pyrrole nitrogens is 1. The quantitative estimate of drug-likeness (QED) is 0.659. The monoisotopic (exact) mass is 331 g/mol. The molecule has 0 amide bonds. The number of fused-ring (bicyclic) bond motifs is 1. The van der Waals surface area contributed by atoms with E-state index in [0.717, 1.165) is 0 Å². The summed E-state index contributed by atoms with van der Waals surface area (Å²) in [7, 11) is -3.62. The van der Waals surface area contributed by atoms with Crippen molar-refractivity contribution in [2.24, 2.45) is 0 Å². The Morgan fingerprint density at radius 1 is 1.17 bits per heavy atom. The molecule has 0 aliphatic carbocycles. The van der Waals surface area contributed by atoms with Crippen molar-refractivity contribution in [2.45, 2.75) is 11.4 Å². The third-order valence-corrected chi connectivity index (χ3v) is 4.68. The summed E-state index contributed by atoms with van der Waals surface area (Å²) in [5, 5.41) is 8.96. The third-order valence-electron chi connectivity index (χ3n) is 3.26. The smallest absolute Gasteiger partial charge is 0.335 e. The standard InChI is InChI=1S/C15H13N3O4S/c19-15(20)10-6-7-12-13(8-10)18-14(17-12)9-16-23(21,22)11-4-2-1-3-5-11/h1-8,16H,9H2,(H,17,18)(H,19,20). The van der Waals surface area contributed by atoms with Gasteiger partial charge < -0.3 is 10.1 Å². The number of nitrogens with one attached hydrogen (secondary N) is 2. The van der Waals surface area contributed by atoms with Crippen molar-refractivity contribution in [3.8, 4) is 0 Å². The molecular formula is C15H13N3O4S. The van der Waals surface area contributed by atoms with Crippen molar-refractivity contribution < 1.29 is 18.3 Å². The molecule has 8 heteroatoms. The summed E-state index contributed by atoms with van der Waals surface area (Å²) < 4.78 is 26.7. The van der Waals surface area contributed by atoms with Crippen LogP contribution in [-0.2, 0) is 16.6 Å². The molecule has 2 aromatic carbocycles. The Morgan fingerprint density at radius 2 is 1.91 bits per heavy atom. The van der Waals surface area contributed by atoms with Crippen LogP contribution in [0.15, 0.2) is 53.4 Å². The Morgan fingerprint density at radius 3 is 2.61 bits per heavy atom. The first kappa shape index (κ1) is 15.2. The Hall–Kier alpha value is -2.71. The maximum absolute atomic E-state index is 12.1. The molecule has 1 aromatic heterocycles. The van der Waals surface area contributed by atoms with Crippen LogP contribution in [0.25, 0.3) is 11.0 Å². The fourth-order valence-electron chi connectivity index (χ4n) is 2.13. The minimum Gasteiger partial charge on any atom is -0.478 e. The van der Waals surface area contributed by atoms with Gasteiger partial charge in [0.25, 0.3) is 0 Å². The van der Waals surface area contributed by atoms with E-state index in [-0.39, 0.29) is 17.0 Å². The topological polar surface area (TPSA) is 112 Å². The average molecular weight is 331 g/mol. The maximum atomic E-state index is 12.1.